The van der Waals surface area contributed by atoms with Crippen LogP contribution in [0.25, 0.3) is 0 Å². The van der Waals surface area contributed by atoms with E-state index in [1.165, 1.54) is 17.5 Å². The number of nitrogens with one attached hydrogen (secondary N) is 1. The van der Waals surface area contributed by atoms with E-state index in [2.05, 4.69) is 42.6 Å². The van der Waals surface area contributed by atoms with Gasteiger partial charge in [-0.05, 0) is 49.4 Å². The molecule has 0 amide bonds. The minimum atomic E-state index is 0.338. The summed E-state index contributed by atoms with van der Waals surface area (Å²) in [5.41, 5.74) is 2.69. The first-order chi connectivity index (χ1) is 8.81. The van der Waals surface area contributed by atoms with Crippen LogP contribution >= 0.6 is 0 Å². The van der Waals surface area contributed by atoms with Crippen molar-refractivity contribution in [3.8, 4) is 0 Å². The zero-order valence-corrected chi connectivity index (χ0v) is 10.9. The summed E-state index contributed by atoms with van der Waals surface area (Å²) in [6.45, 7) is 2.11. The Kier molecular flexibility index (Phi) is 2.96. The molecule has 1 aliphatic rings. The normalized spacial score (nSPS) is 23.9. The lowest BCUT2D eigenvalue weighted by molar-refractivity contribution is 0.395. The molecular weight excluding hydrogens is 222 g/mol. The van der Waals surface area contributed by atoms with Crippen LogP contribution in [0.15, 0.2) is 47.1 Å². The average molecular weight is 241 g/mol. The predicted molar refractivity (Wildman–Crippen MR) is 72.5 cm³/mol. The highest BCUT2D eigenvalue weighted by atomic mass is 16.3. The molecule has 0 aliphatic heterocycles. The van der Waals surface area contributed by atoms with Crippen molar-refractivity contribution in [2.75, 3.05) is 7.05 Å². The van der Waals surface area contributed by atoms with Crippen LogP contribution in [0.4, 0.5) is 0 Å². The Bertz CT molecular complexity index is 517. The molecule has 1 saturated carbocycles. The van der Waals surface area contributed by atoms with Gasteiger partial charge in [0.05, 0.1) is 12.3 Å². The second kappa shape index (κ2) is 4.62. The lowest BCUT2D eigenvalue weighted by Crippen LogP contribution is -2.19. The molecule has 94 valence electrons. The summed E-state index contributed by atoms with van der Waals surface area (Å²) in [4.78, 5) is 0. The van der Waals surface area contributed by atoms with Gasteiger partial charge in [0, 0.05) is 0 Å². The molecule has 3 atom stereocenters. The molecule has 2 heteroatoms. The highest BCUT2D eigenvalue weighted by Crippen LogP contribution is 2.54. The smallest absolute Gasteiger partial charge is 0.123 e. The Morgan fingerprint density at radius 1 is 1.22 bits per heavy atom. The maximum atomic E-state index is 5.64. The summed E-state index contributed by atoms with van der Waals surface area (Å²) in [5, 5.41) is 3.41. The Balaban J connectivity index is 1.79. The molecular formula is C16H19NO. The third-order valence-corrected chi connectivity index (χ3v) is 3.99. The van der Waals surface area contributed by atoms with E-state index in [1.807, 2.05) is 13.1 Å². The van der Waals surface area contributed by atoms with Crippen LogP contribution in [-0.4, -0.2) is 7.05 Å². The van der Waals surface area contributed by atoms with Gasteiger partial charge < -0.3 is 9.73 Å². The van der Waals surface area contributed by atoms with E-state index in [9.17, 15) is 0 Å². The van der Waals surface area contributed by atoms with Gasteiger partial charge in [0.25, 0.3) is 0 Å². The van der Waals surface area contributed by atoms with E-state index in [0.29, 0.717) is 17.9 Å². The molecule has 1 heterocycles. The minimum absolute atomic E-state index is 0.338. The molecule has 0 spiro atoms. The summed E-state index contributed by atoms with van der Waals surface area (Å²) in [7, 11) is 2.02. The standard InChI is InChI=1S/C16H19NO/c1-11-8-9-18-16(11)15(17-2)14-10-13(14)12-6-4-3-5-7-12/h3-9,13-15,17H,10H2,1-2H3. The zero-order valence-electron chi connectivity index (χ0n) is 10.9. The molecule has 1 aromatic carbocycles. The van der Waals surface area contributed by atoms with Gasteiger partial charge in [-0.3, -0.25) is 0 Å². The minimum Gasteiger partial charge on any atom is -0.467 e. The van der Waals surface area contributed by atoms with Gasteiger partial charge in [-0.25, -0.2) is 0 Å². The van der Waals surface area contributed by atoms with Gasteiger partial charge in [-0.1, -0.05) is 30.3 Å². The van der Waals surface area contributed by atoms with E-state index in [1.54, 1.807) is 6.26 Å². The first kappa shape index (κ1) is 11.5. The molecule has 1 aromatic heterocycles. The monoisotopic (exact) mass is 241 g/mol. The Hall–Kier alpha value is -1.54. The molecule has 0 saturated heterocycles. The molecule has 2 aromatic rings. The molecule has 0 radical (unpaired) electrons. The van der Waals surface area contributed by atoms with Crippen LogP contribution in [0.5, 0.6) is 0 Å². The van der Waals surface area contributed by atoms with Crippen LogP contribution in [0.2, 0.25) is 0 Å². The van der Waals surface area contributed by atoms with E-state index in [-0.39, 0.29) is 0 Å². The van der Waals surface area contributed by atoms with Crippen molar-refractivity contribution >= 4 is 0 Å². The van der Waals surface area contributed by atoms with Crippen LogP contribution < -0.4 is 5.32 Å². The number of benzene rings is 1. The van der Waals surface area contributed by atoms with Gasteiger partial charge >= 0.3 is 0 Å². The van der Waals surface area contributed by atoms with E-state index < -0.39 is 0 Å². The molecule has 0 bridgehead atoms. The largest absolute Gasteiger partial charge is 0.467 e. The number of hydrogen-bond donors (Lipinski definition) is 1. The molecule has 3 rings (SSSR count). The predicted octanol–water partition coefficient (Wildman–Crippen LogP) is 3.65. The van der Waals surface area contributed by atoms with Crippen molar-refractivity contribution in [1.82, 2.24) is 5.32 Å². The fourth-order valence-electron chi connectivity index (χ4n) is 2.91. The quantitative estimate of drug-likeness (QED) is 0.883. The zero-order chi connectivity index (χ0) is 12.5. The van der Waals surface area contributed by atoms with Crippen LogP contribution in [0, 0.1) is 12.8 Å². The summed E-state index contributed by atoms with van der Waals surface area (Å²) >= 11 is 0. The van der Waals surface area contributed by atoms with E-state index in [0.717, 1.165) is 5.76 Å². The van der Waals surface area contributed by atoms with Crippen LogP contribution in [0.1, 0.15) is 35.3 Å². The Morgan fingerprint density at radius 2 is 2.00 bits per heavy atom. The van der Waals surface area contributed by atoms with Crippen LogP contribution in [0.3, 0.4) is 0 Å². The van der Waals surface area contributed by atoms with Gasteiger partial charge in [0.15, 0.2) is 0 Å². The molecule has 18 heavy (non-hydrogen) atoms. The van der Waals surface area contributed by atoms with Crippen molar-refractivity contribution in [3.05, 3.63) is 59.5 Å². The maximum absolute atomic E-state index is 5.64. The van der Waals surface area contributed by atoms with E-state index >= 15 is 0 Å². The SMILES string of the molecule is CNC(c1occc1C)C1CC1c1ccccc1. The maximum Gasteiger partial charge on any atom is 0.123 e. The van der Waals surface area contributed by atoms with Gasteiger partial charge in [0.1, 0.15) is 5.76 Å². The lowest BCUT2D eigenvalue weighted by atomic mass is 10.0. The van der Waals surface area contributed by atoms with Crippen molar-refractivity contribution < 1.29 is 4.42 Å². The summed E-state index contributed by atoms with van der Waals surface area (Å²) in [6, 6.07) is 13.2. The molecule has 2 nitrogen and oxygen atoms in total. The highest BCUT2D eigenvalue weighted by molar-refractivity contribution is 5.30. The summed E-state index contributed by atoms with van der Waals surface area (Å²) < 4.78 is 5.64. The van der Waals surface area contributed by atoms with Crippen molar-refractivity contribution in [1.29, 1.82) is 0 Å². The van der Waals surface area contributed by atoms with Crippen LogP contribution in [-0.2, 0) is 0 Å². The average Bonchev–Trinajstić information content (AvgIpc) is 3.08. The number of rotatable bonds is 4. The number of hydrogen-bond acceptors (Lipinski definition) is 2. The molecule has 1 fully saturated rings. The Labute approximate surface area is 108 Å². The van der Waals surface area contributed by atoms with Crippen molar-refractivity contribution in [2.24, 2.45) is 5.92 Å². The number of aryl methyl sites for hydroxylation is 1. The van der Waals surface area contributed by atoms with Gasteiger partial charge in [-0.15, -0.1) is 0 Å². The van der Waals surface area contributed by atoms with Crippen molar-refractivity contribution in [2.45, 2.75) is 25.3 Å². The second-order valence-corrected chi connectivity index (χ2v) is 5.15. The third-order valence-electron chi connectivity index (χ3n) is 3.99. The first-order valence-electron chi connectivity index (χ1n) is 6.57. The second-order valence-electron chi connectivity index (χ2n) is 5.15. The topological polar surface area (TPSA) is 25.2 Å². The summed E-state index contributed by atoms with van der Waals surface area (Å²) in [6.07, 6.45) is 3.03. The third kappa shape index (κ3) is 1.97. The lowest BCUT2D eigenvalue weighted by Gasteiger charge is -2.15. The Morgan fingerprint density at radius 3 is 2.61 bits per heavy atom. The van der Waals surface area contributed by atoms with E-state index in [4.69, 9.17) is 4.42 Å². The molecule has 1 N–H and O–H groups in total. The highest BCUT2D eigenvalue weighted by Gasteiger charge is 2.45. The first-order valence-corrected chi connectivity index (χ1v) is 6.57. The number of furan rings is 1. The van der Waals surface area contributed by atoms with Gasteiger partial charge in [-0.2, -0.15) is 0 Å². The van der Waals surface area contributed by atoms with Crippen molar-refractivity contribution in [3.63, 3.8) is 0 Å². The fourth-order valence-corrected chi connectivity index (χ4v) is 2.91. The molecule has 1 aliphatic carbocycles. The van der Waals surface area contributed by atoms with Gasteiger partial charge in [0.2, 0.25) is 0 Å². The molecule has 3 unspecified atom stereocenters. The summed E-state index contributed by atoms with van der Waals surface area (Å²) in [5.74, 6) is 2.43. The fraction of sp³-hybridized carbons (Fsp3) is 0.375.